The second-order valence-electron chi connectivity index (χ2n) is 6.00. The van der Waals surface area contributed by atoms with Gasteiger partial charge in [0.15, 0.2) is 0 Å². The second kappa shape index (κ2) is 6.94. The van der Waals surface area contributed by atoms with E-state index in [9.17, 15) is 4.79 Å². The van der Waals surface area contributed by atoms with Crippen molar-refractivity contribution in [3.05, 3.63) is 29.8 Å². The maximum atomic E-state index is 12.2. The van der Waals surface area contributed by atoms with Gasteiger partial charge in [0.1, 0.15) is 5.75 Å². The van der Waals surface area contributed by atoms with Gasteiger partial charge >= 0.3 is 0 Å². The molecule has 21 heavy (non-hydrogen) atoms. The Morgan fingerprint density at radius 1 is 1.19 bits per heavy atom. The Morgan fingerprint density at radius 3 is 2.76 bits per heavy atom. The van der Waals surface area contributed by atoms with E-state index >= 15 is 0 Å². The quantitative estimate of drug-likeness (QED) is 0.874. The van der Waals surface area contributed by atoms with Gasteiger partial charge in [0.05, 0.1) is 12.1 Å². The third-order valence-electron chi connectivity index (χ3n) is 4.40. The fourth-order valence-corrected chi connectivity index (χ4v) is 2.81. The van der Waals surface area contributed by atoms with Crippen LogP contribution in [0, 0.1) is 0 Å². The number of para-hydroxylation sites is 1. The van der Waals surface area contributed by atoms with Gasteiger partial charge in [-0.05, 0) is 44.7 Å². The topological polar surface area (TPSA) is 50.4 Å². The third kappa shape index (κ3) is 3.76. The molecule has 4 nitrogen and oxygen atoms in total. The monoisotopic (exact) mass is 288 g/mol. The fourth-order valence-electron chi connectivity index (χ4n) is 2.81. The van der Waals surface area contributed by atoms with E-state index in [1.165, 1.54) is 12.8 Å². The molecular formula is C17H24N2O2. The number of piperidine rings is 1. The number of rotatable bonds is 5. The zero-order chi connectivity index (χ0) is 14.5. The molecule has 0 spiro atoms. The summed E-state index contributed by atoms with van der Waals surface area (Å²) in [6.45, 7) is 1.49. The molecule has 1 heterocycles. The lowest BCUT2D eigenvalue weighted by Gasteiger charge is -2.27. The molecule has 1 aliphatic carbocycles. The van der Waals surface area contributed by atoms with Crippen LogP contribution in [0.3, 0.4) is 0 Å². The summed E-state index contributed by atoms with van der Waals surface area (Å²) in [4.78, 5) is 12.2. The standard InChI is InChI=1S/C17H24N2O2/c20-17(15-9-3-4-11-18-15)19-12-13-6-1-2-10-16(13)21-14-7-5-8-14/h1-2,6,10,14-15,18H,3-5,7-9,11-12H2,(H,19,20). The molecule has 1 amide bonds. The minimum atomic E-state index is -0.0292. The Hall–Kier alpha value is -1.55. The van der Waals surface area contributed by atoms with Gasteiger partial charge in [0.2, 0.25) is 5.91 Å². The second-order valence-corrected chi connectivity index (χ2v) is 6.00. The molecule has 0 radical (unpaired) electrons. The molecule has 2 aliphatic rings. The molecule has 1 aromatic rings. The first kappa shape index (κ1) is 14.4. The van der Waals surface area contributed by atoms with E-state index in [2.05, 4.69) is 10.6 Å². The molecule has 1 aliphatic heterocycles. The van der Waals surface area contributed by atoms with Gasteiger partial charge < -0.3 is 15.4 Å². The molecule has 1 unspecified atom stereocenters. The van der Waals surface area contributed by atoms with Gasteiger partial charge in [-0.15, -0.1) is 0 Å². The van der Waals surface area contributed by atoms with Crippen molar-refractivity contribution in [3.8, 4) is 5.75 Å². The highest BCUT2D eigenvalue weighted by atomic mass is 16.5. The molecule has 3 rings (SSSR count). The maximum Gasteiger partial charge on any atom is 0.237 e. The smallest absolute Gasteiger partial charge is 0.237 e. The van der Waals surface area contributed by atoms with Gasteiger partial charge in [-0.3, -0.25) is 4.79 Å². The molecule has 4 heteroatoms. The van der Waals surface area contributed by atoms with Crippen LogP contribution in [0.15, 0.2) is 24.3 Å². The predicted octanol–water partition coefficient (Wildman–Crippen LogP) is 2.38. The van der Waals surface area contributed by atoms with Gasteiger partial charge in [-0.1, -0.05) is 24.6 Å². The lowest BCUT2D eigenvalue weighted by Crippen LogP contribution is -2.46. The molecule has 0 bridgehead atoms. The van der Waals surface area contributed by atoms with E-state index in [1.54, 1.807) is 0 Å². The van der Waals surface area contributed by atoms with Crippen molar-refractivity contribution in [2.75, 3.05) is 6.54 Å². The highest BCUT2D eigenvalue weighted by molar-refractivity contribution is 5.81. The van der Waals surface area contributed by atoms with Crippen molar-refractivity contribution in [2.24, 2.45) is 0 Å². The molecule has 0 aromatic heterocycles. The molecule has 1 aromatic carbocycles. The van der Waals surface area contributed by atoms with Crippen LogP contribution in [0.25, 0.3) is 0 Å². The number of amides is 1. The Balaban J connectivity index is 1.55. The van der Waals surface area contributed by atoms with Gasteiger partial charge in [-0.2, -0.15) is 0 Å². The average molecular weight is 288 g/mol. The van der Waals surface area contributed by atoms with Crippen molar-refractivity contribution >= 4 is 5.91 Å². The molecule has 2 fully saturated rings. The van der Waals surface area contributed by atoms with E-state index in [4.69, 9.17) is 4.74 Å². The predicted molar refractivity (Wildman–Crippen MR) is 82.2 cm³/mol. The Labute approximate surface area is 126 Å². The molecule has 1 atom stereocenters. The van der Waals surface area contributed by atoms with Crippen LogP contribution in [0.5, 0.6) is 5.75 Å². The van der Waals surface area contributed by atoms with Gasteiger partial charge in [0.25, 0.3) is 0 Å². The fraction of sp³-hybridized carbons (Fsp3) is 0.588. The van der Waals surface area contributed by atoms with Gasteiger partial charge in [-0.25, -0.2) is 0 Å². The zero-order valence-corrected chi connectivity index (χ0v) is 12.4. The van der Waals surface area contributed by atoms with Gasteiger partial charge in [0, 0.05) is 12.1 Å². The van der Waals surface area contributed by atoms with Crippen LogP contribution in [0.4, 0.5) is 0 Å². The summed E-state index contributed by atoms with van der Waals surface area (Å²) in [5, 5.41) is 6.31. The number of carbonyl (C=O) groups is 1. The van der Waals surface area contributed by atoms with Crippen LogP contribution in [-0.4, -0.2) is 24.6 Å². The largest absolute Gasteiger partial charge is 0.490 e. The summed E-state index contributed by atoms with van der Waals surface area (Å²) in [6, 6.07) is 7.98. The maximum absolute atomic E-state index is 12.2. The summed E-state index contributed by atoms with van der Waals surface area (Å²) in [6.07, 6.45) is 7.15. The summed E-state index contributed by atoms with van der Waals surface area (Å²) < 4.78 is 5.99. The molecular weight excluding hydrogens is 264 g/mol. The van der Waals surface area contributed by atoms with Crippen molar-refractivity contribution < 1.29 is 9.53 Å². The normalized spacial score (nSPS) is 22.4. The highest BCUT2D eigenvalue weighted by Crippen LogP contribution is 2.27. The van der Waals surface area contributed by atoms with Crippen LogP contribution in [-0.2, 0) is 11.3 Å². The van der Waals surface area contributed by atoms with Crippen LogP contribution in [0.1, 0.15) is 44.1 Å². The van der Waals surface area contributed by atoms with Crippen molar-refractivity contribution in [2.45, 2.75) is 57.2 Å². The zero-order valence-electron chi connectivity index (χ0n) is 12.4. The minimum absolute atomic E-state index is 0.0292. The molecule has 2 N–H and O–H groups in total. The van der Waals surface area contributed by atoms with E-state index in [1.807, 2.05) is 24.3 Å². The third-order valence-corrected chi connectivity index (χ3v) is 4.40. The summed E-state index contributed by atoms with van der Waals surface area (Å²) >= 11 is 0. The molecule has 114 valence electrons. The lowest BCUT2D eigenvalue weighted by atomic mass is 9.96. The van der Waals surface area contributed by atoms with Crippen molar-refractivity contribution in [1.82, 2.24) is 10.6 Å². The van der Waals surface area contributed by atoms with E-state index < -0.39 is 0 Å². The molecule has 1 saturated heterocycles. The number of nitrogens with one attached hydrogen (secondary N) is 2. The van der Waals surface area contributed by atoms with Crippen molar-refractivity contribution in [3.63, 3.8) is 0 Å². The minimum Gasteiger partial charge on any atom is -0.490 e. The average Bonchev–Trinajstić information content (AvgIpc) is 2.50. The number of ether oxygens (including phenoxy) is 1. The summed E-state index contributed by atoms with van der Waals surface area (Å²) in [5.41, 5.74) is 1.06. The highest BCUT2D eigenvalue weighted by Gasteiger charge is 2.22. The van der Waals surface area contributed by atoms with Crippen LogP contribution < -0.4 is 15.4 Å². The van der Waals surface area contributed by atoms with Crippen LogP contribution in [0.2, 0.25) is 0 Å². The van der Waals surface area contributed by atoms with E-state index in [-0.39, 0.29) is 11.9 Å². The Kier molecular flexibility index (Phi) is 4.76. The van der Waals surface area contributed by atoms with Crippen LogP contribution >= 0.6 is 0 Å². The summed E-state index contributed by atoms with van der Waals surface area (Å²) in [7, 11) is 0. The first-order valence-corrected chi connectivity index (χ1v) is 8.08. The van der Waals surface area contributed by atoms with E-state index in [0.29, 0.717) is 12.6 Å². The first-order valence-electron chi connectivity index (χ1n) is 8.08. The number of carbonyl (C=O) groups excluding carboxylic acids is 1. The number of benzene rings is 1. The molecule has 1 saturated carbocycles. The summed E-state index contributed by atoms with van der Waals surface area (Å²) in [5.74, 6) is 1.02. The SMILES string of the molecule is O=C(NCc1ccccc1OC1CCC1)C1CCCCN1. The van der Waals surface area contributed by atoms with Crippen molar-refractivity contribution in [1.29, 1.82) is 0 Å². The lowest BCUT2D eigenvalue weighted by molar-refractivity contribution is -0.123. The van der Waals surface area contributed by atoms with E-state index in [0.717, 1.165) is 43.5 Å². The Morgan fingerprint density at radius 2 is 2.05 bits per heavy atom. The number of hydrogen-bond donors (Lipinski definition) is 2. The number of hydrogen-bond acceptors (Lipinski definition) is 3. The first-order chi connectivity index (χ1) is 10.3. The Bertz CT molecular complexity index is 479.